The second-order valence-corrected chi connectivity index (χ2v) is 3.68. The number of hydrogen-bond donors (Lipinski definition) is 3. The summed E-state index contributed by atoms with van der Waals surface area (Å²) in [5, 5.41) is 11.8. The molecule has 0 radical (unpaired) electrons. The zero-order valence-corrected chi connectivity index (χ0v) is 9.31. The van der Waals surface area contributed by atoms with Crippen LogP contribution in [0.25, 0.3) is 0 Å². The molecule has 0 aliphatic heterocycles. The molecule has 0 spiro atoms. The maximum Gasteiger partial charge on any atom is 0.252 e. The lowest BCUT2D eigenvalue weighted by molar-refractivity contribution is 0.100. The van der Waals surface area contributed by atoms with Crippen LogP contribution in [0, 0.1) is 0 Å². The Kier molecular flexibility index (Phi) is 4.72. The van der Waals surface area contributed by atoms with Gasteiger partial charge in [-0.15, -0.1) is 0 Å². The summed E-state index contributed by atoms with van der Waals surface area (Å²) in [5.74, 6) is 0.00500. The van der Waals surface area contributed by atoms with Crippen molar-refractivity contribution < 1.29 is 9.90 Å². The summed E-state index contributed by atoms with van der Waals surface area (Å²) in [7, 11) is 0. The Morgan fingerprint density at radius 3 is 3.06 bits per heavy atom. The van der Waals surface area contributed by atoms with Crippen molar-refractivity contribution >= 4 is 11.7 Å². The van der Waals surface area contributed by atoms with Gasteiger partial charge in [-0.3, -0.25) is 4.79 Å². The van der Waals surface area contributed by atoms with Crippen molar-refractivity contribution in [2.45, 2.75) is 25.8 Å². The predicted molar refractivity (Wildman–Crippen MR) is 62.2 cm³/mol. The molecule has 4 N–H and O–H groups in total. The Morgan fingerprint density at radius 1 is 1.69 bits per heavy atom. The molecule has 5 nitrogen and oxygen atoms in total. The number of carbonyl (C=O) groups excluding carboxylic acids is 1. The molecule has 1 heterocycles. The van der Waals surface area contributed by atoms with Crippen molar-refractivity contribution in [2.24, 2.45) is 5.73 Å². The highest BCUT2D eigenvalue weighted by Gasteiger charge is 2.10. The highest BCUT2D eigenvalue weighted by Crippen LogP contribution is 2.13. The lowest BCUT2D eigenvalue weighted by Crippen LogP contribution is -2.21. The van der Waals surface area contributed by atoms with E-state index in [1.165, 1.54) is 0 Å². The number of nitrogens with two attached hydrogens (primary N) is 1. The largest absolute Gasteiger partial charge is 0.396 e. The van der Waals surface area contributed by atoms with E-state index in [9.17, 15) is 4.79 Å². The fraction of sp³-hybridized carbons (Fsp3) is 0.455. The minimum Gasteiger partial charge on any atom is -0.396 e. The first kappa shape index (κ1) is 12.4. The Labute approximate surface area is 94.7 Å². The van der Waals surface area contributed by atoms with Crippen LogP contribution in [0.3, 0.4) is 0 Å². The average Bonchev–Trinajstić information content (AvgIpc) is 2.27. The molecule has 0 saturated heterocycles. The summed E-state index contributed by atoms with van der Waals surface area (Å²) in [5.41, 5.74) is 5.62. The van der Waals surface area contributed by atoms with Crippen LogP contribution in [0.5, 0.6) is 0 Å². The molecule has 1 aromatic rings. The number of pyridine rings is 1. The van der Waals surface area contributed by atoms with Crippen LogP contribution in [-0.2, 0) is 0 Å². The molecule has 0 saturated carbocycles. The van der Waals surface area contributed by atoms with Gasteiger partial charge in [0.15, 0.2) is 0 Å². The third-order valence-electron chi connectivity index (χ3n) is 2.25. The molecule has 1 rings (SSSR count). The van der Waals surface area contributed by atoms with Crippen LogP contribution >= 0.6 is 0 Å². The van der Waals surface area contributed by atoms with Gasteiger partial charge < -0.3 is 16.2 Å². The topological polar surface area (TPSA) is 88.2 Å². The number of amides is 1. The standard InChI is InChI=1S/C11H17N3O2/c1-8(4-3-7-15)14-11-9(10(12)16)5-2-6-13-11/h2,5-6,8,15H,3-4,7H2,1H3,(H2,12,16)(H,13,14). The van der Waals surface area contributed by atoms with E-state index in [-0.39, 0.29) is 12.6 Å². The number of hydrogen-bond acceptors (Lipinski definition) is 4. The minimum absolute atomic E-state index is 0.139. The second-order valence-electron chi connectivity index (χ2n) is 3.68. The zero-order chi connectivity index (χ0) is 12.0. The Morgan fingerprint density at radius 2 is 2.44 bits per heavy atom. The molecule has 16 heavy (non-hydrogen) atoms. The summed E-state index contributed by atoms with van der Waals surface area (Å²) in [6.07, 6.45) is 3.13. The molecule has 0 fully saturated rings. The maximum absolute atomic E-state index is 11.1. The van der Waals surface area contributed by atoms with E-state index < -0.39 is 5.91 Å². The van der Waals surface area contributed by atoms with Crippen LogP contribution in [-0.4, -0.2) is 28.6 Å². The van der Waals surface area contributed by atoms with Crippen molar-refractivity contribution in [3.63, 3.8) is 0 Å². The zero-order valence-electron chi connectivity index (χ0n) is 9.31. The minimum atomic E-state index is -0.495. The third kappa shape index (κ3) is 3.51. The number of aliphatic hydroxyl groups is 1. The van der Waals surface area contributed by atoms with Gasteiger partial charge >= 0.3 is 0 Å². The summed E-state index contributed by atoms with van der Waals surface area (Å²) in [6, 6.07) is 3.44. The molecule has 0 aliphatic carbocycles. The average molecular weight is 223 g/mol. The van der Waals surface area contributed by atoms with Crippen molar-refractivity contribution in [1.82, 2.24) is 4.98 Å². The Balaban J connectivity index is 2.69. The first-order valence-corrected chi connectivity index (χ1v) is 5.27. The Bertz CT molecular complexity index is 355. The maximum atomic E-state index is 11.1. The third-order valence-corrected chi connectivity index (χ3v) is 2.25. The van der Waals surface area contributed by atoms with E-state index in [1.807, 2.05) is 6.92 Å². The molecule has 1 atom stereocenters. The highest BCUT2D eigenvalue weighted by atomic mass is 16.2. The van der Waals surface area contributed by atoms with Crippen LogP contribution in [0.2, 0.25) is 0 Å². The van der Waals surface area contributed by atoms with Gasteiger partial charge in [-0.05, 0) is 31.9 Å². The first-order valence-electron chi connectivity index (χ1n) is 5.27. The summed E-state index contributed by atoms with van der Waals surface area (Å²) >= 11 is 0. The number of nitrogens with one attached hydrogen (secondary N) is 1. The molecule has 0 aromatic carbocycles. The van der Waals surface area contributed by atoms with E-state index in [2.05, 4.69) is 10.3 Å². The van der Waals surface area contributed by atoms with Crippen molar-refractivity contribution in [3.8, 4) is 0 Å². The second kappa shape index (κ2) is 6.07. The predicted octanol–water partition coefficient (Wildman–Crippen LogP) is 0.753. The molecule has 1 unspecified atom stereocenters. The molecular weight excluding hydrogens is 206 g/mol. The van der Waals surface area contributed by atoms with Gasteiger partial charge in [0.05, 0.1) is 5.56 Å². The van der Waals surface area contributed by atoms with E-state index in [1.54, 1.807) is 18.3 Å². The van der Waals surface area contributed by atoms with E-state index in [4.69, 9.17) is 10.8 Å². The summed E-state index contributed by atoms with van der Waals surface area (Å²) < 4.78 is 0. The van der Waals surface area contributed by atoms with Crippen LogP contribution in [0.4, 0.5) is 5.82 Å². The van der Waals surface area contributed by atoms with Gasteiger partial charge in [0, 0.05) is 18.8 Å². The van der Waals surface area contributed by atoms with Crippen LogP contribution in [0.1, 0.15) is 30.1 Å². The van der Waals surface area contributed by atoms with Crippen LogP contribution < -0.4 is 11.1 Å². The summed E-state index contributed by atoms with van der Waals surface area (Å²) in [6.45, 7) is 2.13. The number of aliphatic hydroxyl groups excluding tert-OH is 1. The fourth-order valence-corrected chi connectivity index (χ4v) is 1.42. The lowest BCUT2D eigenvalue weighted by Gasteiger charge is -2.15. The lowest BCUT2D eigenvalue weighted by atomic mass is 10.1. The molecule has 0 aliphatic rings. The number of primary amides is 1. The first-order chi connectivity index (χ1) is 7.65. The molecule has 1 amide bonds. The van der Waals surface area contributed by atoms with Crippen molar-refractivity contribution in [1.29, 1.82) is 0 Å². The number of rotatable bonds is 6. The molecule has 88 valence electrons. The molecule has 0 bridgehead atoms. The number of nitrogens with zero attached hydrogens (tertiary/aromatic N) is 1. The number of anilines is 1. The van der Waals surface area contributed by atoms with Crippen LogP contribution in [0.15, 0.2) is 18.3 Å². The molecular formula is C11H17N3O2. The SMILES string of the molecule is CC(CCCO)Nc1ncccc1C(N)=O. The Hall–Kier alpha value is -1.62. The van der Waals surface area contributed by atoms with Crippen molar-refractivity contribution in [2.75, 3.05) is 11.9 Å². The van der Waals surface area contributed by atoms with E-state index in [0.29, 0.717) is 17.8 Å². The monoisotopic (exact) mass is 223 g/mol. The smallest absolute Gasteiger partial charge is 0.252 e. The number of aromatic nitrogens is 1. The summed E-state index contributed by atoms with van der Waals surface area (Å²) in [4.78, 5) is 15.2. The van der Waals surface area contributed by atoms with Gasteiger partial charge in [0.1, 0.15) is 5.82 Å². The van der Waals surface area contributed by atoms with Gasteiger partial charge in [-0.1, -0.05) is 0 Å². The van der Waals surface area contributed by atoms with Gasteiger partial charge in [0.2, 0.25) is 0 Å². The van der Waals surface area contributed by atoms with Gasteiger partial charge in [-0.25, -0.2) is 4.98 Å². The van der Waals surface area contributed by atoms with E-state index in [0.717, 1.165) is 6.42 Å². The van der Waals surface area contributed by atoms with Crippen molar-refractivity contribution in [3.05, 3.63) is 23.9 Å². The number of carbonyl (C=O) groups is 1. The highest BCUT2D eigenvalue weighted by molar-refractivity contribution is 5.97. The fourth-order valence-electron chi connectivity index (χ4n) is 1.42. The normalized spacial score (nSPS) is 12.1. The molecule has 1 aromatic heterocycles. The molecule has 5 heteroatoms. The van der Waals surface area contributed by atoms with Gasteiger partial charge in [-0.2, -0.15) is 0 Å². The quantitative estimate of drug-likeness (QED) is 0.664. The van der Waals surface area contributed by atoms with Gasteiger partial charge in [0.25, 0.3) is 5.91 Å². The van der Waals surface area contributed by atoms with E-state index >= 15 is 0 Å².